The summed E-state index contributed by atoms with van der Waals surface area (Å²) in [5.74, 6) is 0.785. The molecular formula is C14H12N2O2S. The molecule has 1 aromatic carbocycles. The van der Waals surface area contributed by atoms with Crippen LogP contribution in [0.2, 0.25) is 0 Å². The zero-order chi connectivity index (χ0) is 13.4. The van der Waals surface area contributed by atoms with E-state index in [9.17, 15) is 4.79 Å². The van der Waals surface area contributed by atoms with Gasteiger partial charge in [0.05, 0.1) is 7.11 Å². The van der Waals surface area contributed by atoms with E-state index in [0.717, 1.165) is 27.4 Å². The Hall–Kier alpha value is -2.14. The van der Waals surface area contributed by atoms with E-state index in [1.165, 1.54) is 0 Å². The highest BCUT2D eigenvalue weighted by molar-refractivity contribution is 7.17. The van der Waals surface area contributed by atoms with Crippen molar-refractivity contribution >= 4 is 22.6 Å². The van der Waals surface area contributed by atoms with Gasteiger partial charge in [0, 0.05) is 16.6 Å². The highest BCUT2D eigenvalue weighted by Gasteiger charge is 2.15. The van der Waals surface area contributed by atoms with E-state index < -0.39 is 0 Å². The number of carbonyl (C=O) groups excluding carboxylic acids is 1. The molecule has 2 aromatic heterocycles. The van der Waals surface area contributed by atoms with Gasteiger partial charge in [0.2, 0.25) is 0 Å². The standard InChI is InChI=1S/C14H12N2O2S/c1-9-7-16-12(8-17)13(15-14(16)19-9)10-3-5-11(18-2)6-4-10/h3-8H,1-2H3. The molecule has 0 atom stereocenters. The number of benzene rings is 1. The second-order valence-corrected chi connectivity index (χ2v) is 5.40. The van der Waals surface area contributed by atoms with Crippen LogP contribution in [-0.4, -0.2) is 22.8 Å². The maximum atomic E-state index is 11.3. The van der Waals surface area contributed by atoms with Crippen LogP contribution in [0.5, 0.6) is 5.75 Å². The van der Waals surface area contributed by atoms with Gasteiger partial charge in [0.15, 0.2) is 11.2 Å². The average molecular weight is 272 g/mol. The predicted octanol–water partition coefficient (Wildman–Crippen LogP) is 3.19. The van der Waals surface area contributed by atoms with Gasteiger partial charge in [0.1, 0.15) is 17.1 Å². The lowest BCUT2D eigenvalue weighted by Gasteiger charge is -2.01. The molecule has 0 bridgehead atoms. The molecule has 0 amide bonds. The number of hydrogen-bond donors (Lipinski definition) is 0. The molecule has 96 valence electrons. The molecule has 0 radical (unpaired) electrons. The Bertz CT molecular complexity index is 741. The van der Waals surface area contributed by atoms with E-state index in [1.807, 2.05) is 41.8 Å². The van der Waals surface area contributed by atoms with Crippen LogP contribution in [0.25, 0.3) is 16.2 Å². The summed E-state index contributed by atoms with van der Waals surface area (Å²) in [6.07, 6.45) is 2.79. The molecule has 4 nitrogen and oxygen atoms in total. The van der Waals surface area contributed by atoms with E-state index >= 15 is 0 Å². The molecule has 2 heterocycles. The van der Waals surface area contributed by atoms with Crippen LogP contribution in [0.4, 0.5) is 0 Å². The number of ether oxygens (including phenoxy) is 1. The Morgan fingerprint density at radius 2 is 2.05 bits per heavy atom. The van der Waals surface area contributed by atoms with Crippen molar-refractivity contribution in [2.24, 2.45) is 0 Å². The van der Waals surface area contributed by atoms with Gasteiger partial charge < -0.3 is 4.74 Å². The maximum absolute atomic E-state index is 11.3. The molecule has 0 N–H and O–H groups in total. The number of aryl methyl sites for hydroxylation is 1. The first-order chi connectivity index (χ1) is 9.22. The highest BCUT2D eigenvalue weighted by Crippen LogP contribution is 2.28. The predicted molar refractivity (Wildman–Crippen MR) is 75.2 cm³/mol. The quantitative estimate of drug-likeness (QED) is 0.688. The first-order valence-electron chi connectivity index (χ1n) is 5.81. The first kappa shape index (κ1) is 11.9. The molecule has 0 aliphatic carbocycles. The molecule has 0 saturated carbocycles. The van der Waals surface area contributed by atoms with Gasteiger partial charge in [-0.2, -0.15) is 0 Å². The highest BCUT2D eigenvalue weighted by atomic mass is 32.1. The van der Waals surface area contributed by atoms with Crippen LogP contribution >= 0.6 is 11.3 Å². The zero-order valence-electron chi connectivity index (χ0n) is 10.6. The summed E-state index contributed by atoms with van der Waals surface area (Å²) in [6, 6.07) is 7.54. The summed E-state index contributed by atoms with van der Waals surface area (Å²) in [5, 5.41) is 0. The van der Waals surface area contributed by atoms with Crippen molar-refractivity contribution in [3.05, 3.63) is 41.0 Å². The summed E-state index contributed by atoms with van der Waals surface area (Å²) in [6.45, 7) is 2.00. The van der Waals surface area contributed by atoms with Crippen LogP contribution in [0.3, 0.4) is 0 Å². The summed E-state index contributed by atoms with van der Waals surface area (Å²) >= 11 is 1.57. The third-order valence-electron chi connectivity index (χ3n) is 2.95. The number of fused-ring (bicyclic) bond motifs is 1. The van der Waals surface area contributed by atoms with Crippen LogP contribution in [-0.2, 0) is 0 Å². The fourth-order valence-corrected chi connectivity index (χ4v) is 2.88. The van der Waals surface area contributed by atoms with E-state index in [1.54, 1.807) is 18.4 Å². The average Bonchev–Trinajstić information content (AvgIpc) is 2.94. The van der Waals surface area contributed by atoms with Crippen molar-refractivity contribution in [1.29, 1.82) is 0 Å². The van der Waals surface area contributed by atoms with Crippen LogP contribution in [0.15, 0.2) is 30.5 Å². The number of carbonyl (C=O) groups is 1. The summed E-state index contributed by atoms with van der Waals surface area (Å²) in [4.78, 5) is 17.8. The Morgan fingerprint density at radius 3 is 2.68 bits per heavy atom. The molecule has 3 rings (SSSR count). The third kappa shape index (κ3) is 1.92. The number of rotatable bonds is 3. The molecule has 0 aliphatic heterocycles. The van der Waals surface area contributed by atoms with Crippen molar-refractivity contribution in [2.45, 2.75) is 6.92 Å². The summed E-state index contributed by atoms with van der Waals surface area (Å²) in [7, 11) is 1.63. The molecule has 19 heavy (non-hydrogen) atoms. The number of thiazole rings is 1. The molecule has 0 saturated heterocycles. The topological polar surface area (TPSA) is 43.6 Å². The Balaban J connectivity index is 2.17. The fraction of sp³-hybridized carbons (Fsp3) is 0.143. The normalized spacial score (nSPS) is 10.8. The molecule has 0 aliphatic rings. The fourth-order valence-electron chi connectivity index (χ4n) is 2.05. The monoisotopic (exact) mass is 272 g/mol. The second-order valence-electron chi connectivity index (χ2n) is 4.19. The lowest BCUT2D eigenvalue weighted by Crippen LogP contribution is -1.90. The summed E-state index contributed by atoms with van der Waals surface area (Å²) in [5.41, 5.74) is 2.21. The number of nitrogens with zero attached hydrogens (tertiary/aromatic N) is 2. The lowest BCUT2D eigenvalue weighted by molar-refractivity contribution is 0.111. The minimum atomic E-state index is 0.588. The van der Waals surface area contributed by atoms with Crippen LogP contribution < -0.4 is 4.74 Å². The molecule has 3 aromatic rings. The van der Waals surface area contributed by atoms with Gasteiger partial charge in [-0.15, -0.1) is 11.3 Å². The number of aldehydes is 1. The number of hydrogen-bond acceptors (Lipinski definition) is 4. The number of methoxy groups -OCH3 is 1. The van der Waals surface area contributed by atoms with Gasteiger partial charge in [-0.25, -0.2) is 4.98 Å². The van der Waals surface area contributed by atoms with Gasteiger partial charge in [-0.3, -0.25) is 9.20 Å². The molecule has 0 spiro atoms. The number of imidazole rings is 1. The molecular weight excluding hydrogens is 260 g/mol. The lowest BCUT2D eigenvalue weighted by atomic mass is 10.1. The Morgan fingerprint density at radius 1 is 1.32 bits per heavy atom. The van der Waals surface area contributed by atoms with Gasteiger partial charge in [-0.05, 0) is 31.2 Å². The van der Waals surface area contributed by atoms with Crippen molar-refractivity contribution in [1.82, 2.24) is 9.38 Å². The third-order valence-corrected chi connectivity index (χ3v) is 3.85. The minimum absolute atomic E-state index is 0.588. The van der Waals surface area contributed by atoms with Crippen LogP contribution in [0.1, 0.15) is 15.4 Å². The van der Waals surface area contributed by atoms with Gasteiger partial charge >= 0.3 is 0 Å². The summed E-state index contributed by atoms with van der Waals surface area (Å²) < 4.78 is 6.97. The SMILES string of the molecule is COc1ccc(-c2nc3sc(C)cn3c2C=O)cc1. The van der Waals surface area contributed by atoms with Gasteiger partial charge in [0.25, 0.3) is 0 Å². The Labute approximate surface area is 114 Å². The maximum Gasteiger partial charge on any atom is 0.195 e. The minimum Gasteiger partial charge on any atom is -0.497 e. The second kappa shape index (κ2) is 4.51. The van der Waals surface area contributed by atoms with E-state index in [0.29, 0.717) is 11.4 Å². The van der Waals surface area contributed by atoms with E-state index in [2.05, 4.69) is 4.98 Å². The molecule has 5 heteroatoms. The molecule has 0 fully saturated rings. The molecule has 0 unspecified atom stereocenters. The van der Waals surface area contributed by atoms with Gasteiger partial charge in [-0.1, -0.05) is 0 Å². The van der Waals surface area contributed by atoms with Crippen LogP contribution in [0, 0.1) is 6.92 Å². The Kier molecular flexibility index (Phi) is 2.83. The van der Waals surface area contributed by atoms with Crippen molar-refractivity contribution < 1.29 is 9.53 Å². The van der Waals surface area contributed by atoms with E-state index in [4.69, 9.17) is 4.74 Å². The van der Waals surface area contributed by atoms with Crippen molar-refractivity contribution in [3.63, 3.8) is 0 Å². The van der Waals surface area contributed by atoms with E-state index in [-0.39, 0.29) is 0 Å². The van der Waals surface area contributed by atoms with Crippen molar-refractivity contribution in [2.75, 3.05) is 7.11 Å². The largest absolute Gasteiger partial charge is 0.497 e. The first-order valence-corrected chi connectivity index (χ1v) is 6.62. The number of aromatic nitrogens is 2. The smallest absolute Gasteiger partial charge is 0.195 e. The zero-order valence-corrected chi connectivity index (χ0v) is 11.4. The van der Waals surface area contributed by atoms with Crippen molar-refractivity contribution in [3.8, 4) is 17.0 Å².